The van der Waals surface area contributed by atoms with E-state index in [9.17, 15) is 13.2 Å². The highest BCUT2D eigenvalue weighted by molar-refractivity contribution is 7.88. The first kappa shape index (κ1) is 13.1. The third-order valence-corrected chi connectivity index (χ3v) is 4.07. The molecule has 16 heavy (non-hydrogen) atoms. The van der Waals surface area contributed by atoms with E-state index in [2.05, 4.69) is 0 Å². The average molecular weight is 263 g/mol. The van der Waals surface area contributed by atoms with Gasteiger partial charge in [0.1, 0.15) is 0 Å². The number of carboxylic acid groups (broad SMARTS) is 1. The highest BCUT2D eigenvalue weighted by atomic mass is 32.2. The van der Waals surface area contributed by atoms with Crippen molar-refractivity contribution in [3.05, 3.63) is 22.4 Å². The van der Waals surface area contributed by atoms with Crippen LogP contribution in [0.15, 0.2) is 17.5 Å². The number of carbonyl (C=O) groups is 1. The molecule has 1 heterocycles. The van der Waals surface area contributed by atoms with Crippen molar-refractivity contribution in [1.82, 2.24) is 4.31 Å². The van der Waals surface area contributed by atoms with Crippen LogP contribution in [0, 0.1) is 0 Å². The molecule has 0 radical (unpaired) electrons. The highest BCUT2D eigenvalue weighted by Gasteiger charge is 2.18. The van der Waals surface area contributed by atoms with Crippen LogP contribution in [0.5, 0.6) is 0 Å². The summed E-state index contributed by atoms with van der Waals surface area (Å²) in [6.07, 6.45) is 0.904. The minimum atomic E-state index is -3.36. The lowest BCUT2D eigenvalue weighted by Crippen LogP contribution is -2.31. The first-order valence-corrected chi connectivity index (χ1v) is 7.31. The van der Waals surface area contributed by atoms with E-state index in [0.717, 1.165) is 11.1 Å². The molecule has 1 N–H and O–H groups in total. The van der Waals surface area contributed by atoms with Crippen LogP contribution in [0.3, 0.4) is 0 Å². The van der Waals surface area contributed by atoms with Crippen molar-refractivity contribution in [2.45, 2.75) is 13.0 Å². The van der Waals surface area contributed by atoms with Gasteiger partial charge in [-0.3, -0.25) is 4.79 Å². The molecule has 0 atom stereocenters. The summed E-state index contributed by atoms with van der Waals surface area (Å²) >= 11 is 1.45. The standard InChI is InChI=1S/C9H13NO4S2/c1-16(13,14)10(5-4-9(11)12)7-8-3-2-6-15-8/h2-3,6H,4-5,7H2,1H3,(H,11,12). The number of thiophene rings is 1. The normalized spacial score (nSPS) is 11.9. The fourth-order valence-electron chi connectivity index (χ4n) is 1.16. The molecule has 0 aromatic carbocycles. The molecule has 5 nitrogen and oxygen atoms in total. The Labute approximate surface area is 98.4 Å². The van der Waals surface area contributed by atoms with Crippen LogP contribution in [-0.4, -0.2) is 36.6 Å². The van der Waals surface area contributed by atoms with Gasteiger partial charge in [-0.1, -0.05) is 6.07 Å². The first-order valence-electron chi connectivity index (χ1n) is 4.59. The van der Waals surface area contributed by atoms with Crippen LogP contribution in [0.25, 0.3) is 0 Å². The van der Waals surface area contributed by atoms with Gasteiger partial charge in [0, 0.05) is 18.0 Å². The summed E-state index contributed by atoms with van der Waals surface area (Å²) in [6.45, 7) is 0.246. The summed E-state index contributed by atoms with van der Waals surface area (Å²) < 4.78 is 24.0. The SMILES string of the molecule is CS(=O)(=O)N(CCC(=O)O)Cc1cccs1. The maximum absolute atomic E-state index is 11.4. The van der Waals surface area contributed by atoms with Crippen molar-refractivity contribution in [2.75, 3.05) is 12.8 Å². The molecule has 0 saturated carbocycles. The second kappa shape index (κ2) is 5.42. The van der Waals surface area contributed by atoms with Gasteiger partial charge in [-0.25, -0.2) is 8.42 Å². The number of sulfonamides is 1. The Morgan fingerprint density at radius 3 is 2.69 bits per heavy atom. The molecule has 90 valence electrons. The third kappa shape index (κ3) is 4.30. The van der Waals surface area contributed by atoms with Crippen molar-refractivity contribution < 1.29 is 18.3 Å². The van der Waals surface area contributed by atoms with E-state index in [1.165, 1.54) is 15.6 Å². The summed E-state index contributed by atoms with van der Waals surface area (Å²) in [4.78, 5) is 11.3. The molecule has 7 heteroatoms. The number of hydrogen-bond acceptors (Lipinski definition) is 4. The number of nitrogens with zero attached hydrogens (tertiary/aromatic N) is 1. The molecular formula is C9H13NO4S2. The zero-order chi connectivity index (χ0) is 12.2. The van der Waals surface area contributed by atoms with Crippen molar-refractivity contribution >= 4 is 27.3 Å². The lowest BCUT2D eigenvalue weighted by atomic mass is 10.4. The topological polar surface area (TPSA) is 74.7 Å². The van der Waals surface area contributed by atoms with E-state index in [1.54, 1.807) is 0 Å². The second-order valence-corrected chi connectivity index (χ2v) is 6.33. The van der Waals surface area contributed by atoms with Gasteiger partial charge in [-0.05, 0) is 11.4 Å². The summed E-state index contributed by atoms with van der Waals surface area (Å²) in [5, 5.41) is 10.4. The minimum absolute atomic E-state index is 0.00602. The Bertz CT molecular complexity index is 438. The molecule has 1 rings (SSSR count). The van der Waals surface area contributed by atoms with E-state index < -0.39 is 16.0 Å². The first-order chi connectivity index (χ1) is 7.39. The lowest BCUT2D eigenvalue weighted by Gasteiger charge is -2.17. The van der Waals surface area contributed by atoms with Crippen LogP contribution in [0.1, 0.15) is 11.3 Å². The van der Waals surface area contributed by atoms with Crippen LogP contribution in [0.4, 0.5) is 0 Å². The van der Waals surface area contributed by atoms with E-state index in [4.69, 9.17) is 5.11 Å². The van der Waals surface area contributed by atoms with Crippen LogP contribution >= 0.6 is 11.3 Å². The number of rotatable bonds is 6. The lowest BCUT2D eigenvalue weighted by molar-refractivity contribution is -0.137. The van der Waals surface area contributed by atoms with Crippen molar-refractivity contribution in [3.63, 3.8) is 0 Å². The Hall–Kier alpha value is -0.920. The van der Waals surface area contributed by atoms with Gasteiger partial charge in [-0.15, -0.1) is 11.3 Å². The molecule has 0 aliphatic rings. The fraction of sp³-hybridized carbons (Fsp3) is 0.444. The summed E-state index contributed by atoms with van der Waals surface area (Å²) in [5.41, 5.74) is 0. The fourth-order valence-corrected chi connectivity index (χ4v) is 2.76. The maximum atomic E-state index is 11.4. The molecule has 1 aromatic heterocycles. The molecule has 0 unspecified atom stereocenters. The van der Waals surface area contributed by atoms with E-state index >= 15 is 0 Å². The molecule has 0 aliphatic heterocycles. The zero-order valence-corrected chi connectivity index (χ0v) is 10.4. The molecule has 0 aliphatic carbocycles. The number of hydrogen-bond donors (Lipinski definition) is 1. The summed E-state index contributed by atoms with van der Waals surface area (Å²) in [7, 11) is -3.36. The van der Waals surface area contributed by atoms with Gasteiger partial charge in [0.25, 0.3) is 0 Å². The summed E-state index contributed by atoms with van der Waals surface area (Å²) in [5.74, 6) is -1.00. The zero-order valence-electron chi connectivity index (χ0n) is 8.79. The Morgan fingerprint density at radius 2 is 2.25 bits per heavy atom. The second-order valence-electron chi connectivity index (χ2n) is 3.32. The Kier molecular flexibility index (Phi) is 4.45. The van der Waals surface area contributed by atoms with Crippen LogP contribution < -0.4 is 0 Å². The van der Waals surface area contributed by atoms with E-state index in [0.29, 0.717) is 0 Å². The highest BCUT2D eigenvalue weighted by Crippen LogP contribution is 2.14. The average Bonchev–Trinajstić information content (AvgIpc) is 2.62. The van der Waals surface area contributed by atoms with Crippen LogP contribution in [-0.2, 0) is 21.4 Å². The maximum Gasteiger partial charge on any atom is 0.304 e. The van der Waals surface area contributed by atoms with Crippen molar-refractivity contribution in [3.8, 4) is 0 Å². The van der Waals surface area contributed by atoms with Gasteiger partial charge in [0.05, 0.1) is 12.7 Å². The smallest absolute Gasteiger partial charge is 0.304 e. The molecule has 1 aromatic rings. The monoisotopic (exact) mass is 263 g/mol. The predicted octanol–water partition coefficient (Wildman–Crippen LogP) is 0.984. The largest absolute Gasteiger partial charge is 0.481 e. The van der Waals surface area contributed by atoms with Gasteiger partial charge < -0.3 is 5.11 Å². The van der Waals surface area contributed by atoms with Crippen molar-refractivity contribution in [1.29, 1.82) is 0 Å². The van der Waals surface area contributed by atoms with E-state index in [-0.39, 0.29) is 19.5 Å². The molecule has 0 bridgehead atoms. The Morgan fingerprint density at radius 1 is 1.56 bits per heavy atom. The van der Waals surface area contributed by atoms with Crippen LogP contribution in [0.2, 0.25) is 0 Å². The van der Waals surface area contributed by atoms with Crippen molar-refractivity contribution in [2.24, 2.45) is 0 Å². The summed E-state index contributed by atoms with van der Waals surface area (Å²) in [6, 6.07) is 3.65. The van der Waals surface area contributed by atoms with Gasteiger partial charge in [0.15, 0.2) is 0 Å². The molecule has 0 amide bonds. The quantitative estimate of drug-likeness (QED) is 0.830. The predicted molar refractivity (Wildman–Crippen MR) is 61.8 cm³/mol. The minimum Gasteiger partial charge on any atom is -0.481 e. The van der Waals surface area contributed by atoms with Gasteiger partial charge in [0.2, 0.25) is 10.0 Å². The van der Waals surface area contributed by atoms with Gasteiger partial charge in [-0.2, -0.15) is 4.31 Å². The van der Waals surface area contributed by atoms with E-state index in [1.807, 2.05) is 17.5 Å². The molecular weight excluding hydrogens is 250 g/mol. The third-order valence-electron chi connectivity index (χ3n) is 1.96. The number of aliphatic carboxylic acids is 1. The Balaban J connectivity index is 2.69. The number of carboxylic acids is 1. The van der Waals surface area contributed by atoms with Gasteiger partial charge >= 0.3 is 5.97 Å². The molecule has 0 fully saturated rings. The molecule has 0 spiro atoms. The molecule has 0 saturated heterocycles.